The molecule has 1 aliphatic heterocycles. The number of carboxylic acids is 1. The maximum atomic E-state index is 10.6. The van der Waals surface area contributed by atoms with Crippen LogP contribution in [-0.4, -0.2) is 63.5 Å². The number of aliphatic hydroxyl groups excluding tert-OH is 3. The lowest BCUT2D eigenvalue weighted by atomic mass is 9.95. The van der Waals surface area contributed by atoms with Crippen LogP contribution in [0, 0.1) is 0 Å². The van der Waals surface area contributed by atoms with Crippen LogP contribution in [0.4, 0.5) is 0 Å². The minimum absolute atomic E-state index is 0.130. The van der Waals surface area contributed by atoms with Gasteiger partial charge in [-0.15, -0.1) is 0 Å². The van der Waals surface area contributed by atoms with Crippen LogP contribution in [0.25, 0.3) is 0 Å². The summed E-state index contributed by atoms with van der Waals surface area (Å²) < 4.78 is 4.81. The molecule has 6 N–H and O–H groups in total. The van der Waals surface area contributed by atoms with Gasteiger partial charge in [0.1, 0.15) is 18.3 Å². The molecule has 1 fully saturated rings. The summed E-state index contributed by atoms with van der Waals surface area (Å²) in [4.78, 5) is 10.6. The Hall–Kier alpha value is -0.730. The van der Waals surface area contributed by atoms with Gasteiger partial charge in [-0.25, -0.2) is 4.79 Å². The fourth-order valence-corrected chi connectivity index (χ4v) is 1.35. The Morgan fingerprint density at radius 1 is 1.21 bits per heavy atom. The molecule has 0 aromatic carbocycles. The number of carboxylic acid groups (broad SMARTS) is 1. The van der Waals surface area contributed by atoms with Crippen LogP contribution in [0.5, 0.6) is 0 Å². The van der Waals surface area contributed by atoms with E-state index >= 15 is 0 Å². The third-order valence-corrected chi connectivity index (χ3v) is 2.19. The molecule has 1 rings (SSSR count). The third kappa shape index (κ3) is 1.86. The number of hydrogen-bond acceptors (Lipinski definition) is 6. The van der Waals surface area contributed by atoms with Crippen LogP contribution >= 0.6 is 0 Å². The zero-order chi connectivity index (χ0) is 10.9. The molecule has 5 atom stereocenters. The number of rotatable bonds is 2. The minimum atomic E-state index is -1.65. The molecule has 1 aliphatic rings. The van der Waals surface area contributed by atoms with Gasteiger partial charge >= 0.3 is 5.97 Å². The van der Waals surface area contributed by atoms with Crippen LogP contribution in [0.3, 0.4) is 0 Å². The molecule has 0 aromatic heterocycles. The molecule has 7 nitrogen and oxygen atoms in total. The van der Waals surface area contributed by atoms with E-state index in [1.54, 1.807) is 0 Å². The SMILES string of the molecule is NC[C@@H]1O[C@H](C(=O)O)[C@@H](O)[C@H](O)C1O. The first-order chi connectivity index (χ1) is 6.49. The van der Waals surface area contributed by atoms with E-state index in [2.05, 4.69) is 0 Å². The van der Waals surface area contributed by atoms with Gasteiger partial charge in [-0.3, -0.25) is 0 Å². The summed E-state index contributed by atoms with van der Waals surface area (Å²) in [6.07, 6.45) is -7.11. The fourth-order valence-electron chi connectivity index (χ4n) is 1.35. The number of aliphatic hydroxyl groups is 3. The van der Waals surface area contributed by atoms with Crippen molar-refractivity contribution in [3.8, 4) is 0 Å². The van der Waals surface area contributed by atoms with E-state index in [0.29, 0.717) is 0 Å². The van der Waals surface area contributed by atoms with Gasteiger partial charge in [0.2, 0.25) is 0 Å². The lowest BCUT2D eigenvalue weighted by molar-refractivity contribution is -0.225. The molecule has 0 bridgehead atoms. The van der Waals surface area contributed by atoms with Gasteiger partial charge in [-0.2, -0.15) is 0 Å². The molecular formula is C7H13NO6. The molecule has 1 heterocycles. The van der Waals surface area contributed by atoms with Crippen LogP contribution in [0.1, 0.15) is 0 Å². The van der Waals surface area contributed by atoms with Crippen molar-refractivity contribution >= 4 is 5.97 Å². The second-order valence-electron chi connectivity index (χ2n) is 3.14. The molecule has 0 spiro atoms. The summed E-state index contributed by atoms with van der Waals surface area (Å²) in [7, 11) is 0. The minimum Gasteiger partial charge on any atom is -0.479 e. The van der Waals surface area contributed by atoms with Gasteiger partial charge < -0.3 is 30.9 Å². The summed E-state index contributed by atoms with van der Waals surface area (Å²) in [5.41, 5.74) is 5.19. The number of ether oxygens (including phenoxy) is 1. The van der Waals surface area contributed by atoms with Crippen LogP contribution in [0.2, 0.25) is 0 Å². The Morgan fingerprint density at radius 2 is 1.79 bits per heavy atom. The lowest BCUT2D eigenvalue weighted by Gasteiger charge is -2.38. The van der Waals surface area contributed by atoms with Crippen molar-refractivity contribution in [1.29, 1.82) is 0 Å². The van der Waals surface area contributed by atoms with Crippen molar-refractivity contribution in [2.24, 2.45) is 5.73 Å². The van der Waals surface area contributed by atoms with E-state index in [1.807, 2.05) is 0 Å². The highest BCUT2D eigenvalue weighted by Gasteiger charge is 2.46. The summed E-state index contributed by atoms with van der Waals surface area (Å²) in [5.74, 6) is -1.40. The van der Waals surface area contributed by atoms with Gasteiger partial charge in [0, 0.05) is 6.54 Å². The summed E-state index contributed by atoms with van der Waals surface area (Å²) in [6.45, 7) is -0.130. The quantitative estimate of drug-likeness (QED) is 0.323. The summed E-state index contributed by atoms with van der Waals surface area (Å²) in [6, 6.07) is 0. The van der Waals surface area contributed by atoms with Crippen molar-refractivity contribution < 1.29 is 30.0 Å². The number of carbonyl (C=O) groups is 1. The summed E-state index contributed by atoms with van der Waals surface area (Å²) in [5, 5.41) is 36.4. The Kier molecular flexibility index (Phi) is 3.40. The maximum absolute atomic E-state index is 10.6. The Labute approximate surface area is 79.7 Å². The van der Waals surface area contributed by atoms with E-state index in [1.165, 1.54) is 0 Å². The first-order valence-corrected chi connectivity index (χ1v) is 4.11. The van der Waals surface area contributed by atoms with Crippen molar-refractivity contribution in [2.75, 3.05) is 6.54 Å². The van der Waals surface area contributed by atoms with E-state index in [0.717, 1.165) is 0 Å². The largest absolute Gasteiger partial charge is 0.479 e. The molecule has 0 amide bonds. The summed E-state index contributed by atoms with van der Waals surface area (Å²) >= 11 is 0. The number of hydrogen-bond donors (Lipinski definition) is 5. The van der Waals surface area contributed by atoms with Gasteiger partial charge in [0.05, 0.1) is 6.10 Å². The zero-order valence-electron chi connectivity index (χ0n) is 7.28. The van der Waals surface area contributed by atoms with Crippen LogP contribution in [-0.2, 0) is 9.53 Å². The first kappa shape index (κ1) is 11.3. The Bertz CT molecular complexity index is 220. The van der Waals surface area contributed by atoms with Gasteiger partial charge in [-0.1, -0.05) is 0 Å². The van der Waals surface area contributed by atoms with Crippen LogP contribution < -0.4 is 5.73 Å². The van der Waals surface area contributed by atoms with E-state index in [4.69, 9.17) is 15.6 Å². The monoisotopic (exact) mass is 207 g/mol. The predicted molar refractivity (Wildman–Crippen MR) is 43.4 cm³/mol. The number of nitrogens with two attached hydrogens (primary N) is 1. The van der Waals surface area contributed by atoms with Crippen molar-refractivity contribution in [3.05, 3.63) is 0 Å². The highest BCUT2D eigenvalue weighted by atomic mass is 16.6. The molecule has 1 saturated heterocycles. The van der Waals surface area contributed by atoms with Gasteiger partial charge in [0.15, 0.2) is 6.10 Å². The smallest absolute Gasteiger partial charge is 0.335 e. The molecule has 0 aromatic rings. The molecular weight excluding hydrogens is 194 g/mol. The average Bonchev–Trinajstić information content (AvgIpc) is 2.14. The fraction of sp³-hybridized carbons (Fsp3) is 0.857. The first-order valence-electron chi connectivity index (χ1n) is 4.11. The van der Waals surface area contributed by atoms with Crippen LogP contribution in [0.15, 0.2) is 0 Å². The maximum Gasteiger partial charge on any atom is 0.335 e. The topological polar surface area (TPSA) is 133 Å². The molecule has 0 radical (unpaired) electrons. The molecule has 0 saturated carbocycles. The highest BCUT2D eigenvalue weighted by Crippen LogP contribution is 2.20. The van der Waals surface area contributed by atoms with E-state index < -0.39 is 36.5 Å². The molecule has 14 heavy (non-hydrogen) atoms. The highest BCUT2D eigenvalue weighted by molar-refractivity contribution is 5.73. The molecule has 7 heteroatoms. The van der Waals surface area contributed by atoms with E-state index in [-0.39, 0.29) is 6.54 Å². The standard InChI is InChI=1S/C7H13NO6/c8-1-2-3(9)4(10)5(11)6(14-2)7(12)13/h2-6,9-11H,1,8H2,(H,12,13)/t2-,3?,4+,5-,6-/m0/s1. The van der Waals surface area contributed by atoms with Crippen molar-refractivity contribution in [3.63, 3.8) is 0 Å². The average molecular weight is 207 g/mol. The second-order valence-corrected chi connectivity index (χ2v) is 3.14. The predicted octanol–water partition coefficient (Wildman–Crippen LogP) is -3.12. The normalized spacial score (nSPS) is 43.6. The zero-order valence-corrected chi connectivity index (χ0v) is 7.28. The Morgan fingerprint density at radius 3 is 2.21 bits per heavy atom. The second kappa shape index (κ2) is 4.20. The van der Waals surface area contributed by atoms with Gasteiger partial charge in [0.25, 0.3) is 0 Å². The van der Waals surface area contributed by atoms with Gasteiger partial charge in [-0.05, 0) is 0 Å². The third-order valence-electron chi connectivity index (χ3n) is 2.19. The Balaban J connectivity index is 2.78. The molecule has 1 unspecified atom stereocenters. The van der Waals surface area contributed by atoms with Crippen molar-refractivity contribution in [2.45, 2.75) is 30.5 Å². The lowest BCUT2D eigenvalue weighted by Crippen LogP contribution is -2.61. The number of aliphatic carboxylic acids is 1. The molecule has 0 aliphatic carbocycles. The molecule has 82 valence electrons. The van der Waals surface area contributed by atoms with Crippen molar-refractivity contribution in [1.82, 2.24) is 0 Å². The van der Waals surface area contributed by atoms with E-state index in [9.17, 15) is 20.1 Å².